The van der Waals surface area contributed by atoms with Crippen molar-refractivity contribution < 1.29 is 23.8 Å². The minimum atomic E-state index is 0.312. The molecule has 32 heavy (non-hydrogen) atoms. The van der Waals surface area contributed by atoms with E-state index in [0.717, 1.165) is 48.9 Å². The van der Waals surface area contributed by atoms with Crippen molar-refractivity contribution in [1.82, 2.24) is 0 Å². The van der Waals surface area contributed by atoms with Gasteiger partial charge >= 0.3 is 0 Å². The predicted octanol–water partition coefficient (Wildman–Crippen LogP) is 3.45. The number of nitrogens with one attached hydrogen (secondary N) is 1. The van der Waals surface area contributed by atoms with Crippen LogP contribution in [0.3, 0.4) is 0 Å². The van der Waals surface area contributed by atoms with Gasteiger partial charge in [-0.05, 0) is 41.3 Å². The number of benzene rings is 3. The Morgan fingerprint density at radius 2 is 1.75 bits per heavy atom. The van der Waals surface area contributed by atoms with Crippen LogP contribution >= 0.6 is 0 Å². The smallest absolute Gasteiger partial charge is 0.231 e. The van der Waals surface area contributed by atoms with Crippen molar-refractivity contribution in [1.29, 1.82) is 0 Å². The number of methoxy groups -OCH3 is 2. The summed E-state index contributed by atoms with van der Waals surface area (Å²) in [6.07, 6.45) is 2.02. The number of hydrogen-bond donors (Lipinski definition) is 1. The fourth-order valence-electron chi connectivity index (χ4n) is 5.91. The average molecular weight is 431 g/mol. The Hall–Kier alpha value is -3.18. The van der Waals surface area contributed by atoms with E-state index in [-0.39, 0.29) is 0 Å². The first kappa shape index (κ1) is 19.5. The fraction of sp³-hybridized carbons (Fsp3) is 0.333. The van der Waals surface area contributed by atoms with E-state index in [9.17, 15) is 0 Å². The van der Waals surface area contributed by atoms with Crippen LogP contribution in [0.1, 0.15) is 39.8 Å². The molecule has 5 nitrogen and oxygen atoms in total. The Morgan fingerprint density at radius 3 is 2.53 bits per heavy atom. The number of quaternary nitrogens is 1. The third-order valence-electron chi connectivity index (χ3n) is 7.31. The van der Waals surface area contributed by atoms with Crippen LogP contribution in [0.15, 0.2) is 54.6 Å². The van der Waals surface area contributed by atoms with Gasteiger partial charge in [-0.2, -0.15) is 0 Å². The highest BCUT2D eigenvalue weighted by Crippen LogP contribution is 2.46. The molecule has 1 N–H and O–H groups in total. The van der Waals surface area contributed by atoms with Gasteiger partial charge in [-0.25, -0.2) is 0 Å². The normalized spacial score (nSPS) is 22.5. The molecule has 3 atom stereocenters. The number of rotatable bonds is 4. The van der Waals surface area contributed by atoms with Gasteiger partial charge in [0.1, 0.15) is 12.6 Å². The largest absolute Gasteiger partial charge is 0.493 e. The minimum absolute atomic E-state index is 0.312. The molecule has 6 rings (SSSR count). The lowest BCUT2D eigenvalue weighted by Gasteiger charge is -2.43. The second-order valence-electron chi connectivity index (χ2n) is 8.88. The van der Waals surface area contributed by atoms with Gasteiger partial charge in [0, 0.05) is 17.9 Å². The Kier molecular flexibility index (Phi) is 4.72. The van der Waals surface area contributed by atoms with Crippen LogP contribution < -0.4 is 23.8 Å². The van der Waals surface area contributed by atoms with Crippen molar-refractivity contribution in [2.45, 2.75) is 31.3 Å². The molecule has 5 heteroatoms. The van der Waals surface area contributed by atoms with Gasteiger partial charge in [0.05, 0.1) is 26.3 Å². The molecule has 164 valence electrons. The Morgan fingerprint density at radius 1 is 0.938 bits per heavy atom. The molecule has 0 saturated heterocycles. The van der Waals surface area contributed by atoms with Crippen LogP contribution in [-0.4, -0.2) is 27.6 Å². The molecular weight excluding hydrogens is 402 g/mol. The lowest BCUT2D eigenvalue weighted by Crippen LogP contribution is -3.13. The molecule has 3 aliphatic rings. The van der Waals surface area contributed by atoms with Gasteiger partial charge in [0.15, 0.2) is 23.0 Å². The third kappa shape index (κ3) is 3.03. The molecule has 0 fully saturated rings. The molecule has 3 heterocycles. The molecule has 0 aliphatic carbocycles. The van der Waals surface area contributed by atoms with Crippen molar-refractivity contribution >= 4 is 0 Å². The van der Waals surface area contributed by atoms with E-state index in [4.69, 9.17) is 18.9 Å². The maximum Gasteiger partial charge on any atom is 0.231 e. The topological polar surface area (TPSA) is 41.4 Å². The zero-order chi connectivity index (χ0) is 21.7. The highest BCUT2D eigenvalue weighted by Gasteiger charge is 2.45. The summed E-state index contributed by atoms with van der Waals surface area (Å²) in [6.45, 7) is 2.33. The molecule has 0 aromatic heterocycles. The van der Waals surface area contributed by atoms with Gasteiger partial charge in [-0.3, -0.25) is 0 Å². The molecule has 3 aromatic carbocycles. The standard InChI is InChI=1S/C27H27NO4/c1-29-23-9-8-19-21(12-17-6-4-3-5-7-17)26-20-14-25-24(31-16-32-25)13-18(20)10-11-28(26)15-22(19)27(23)30-2/h3-9,13-14,21,26H,10-12,15-16H2,1-2H3/p+1. The quantitative estimate of drug-likeness (QED) is 0.689. The average Bonchev–Trinajstić information content (AvgIpc) is 3.29. The molecule has 0 saturated carbocycles. The molecule has 0 bridgehead atoms. The van der Waals surface area contributed by atoms with E-state index in [2.05, 4.69) is 54.6 Å². The van der Waals surface area contributed by atoms with Crippen LogP contribution in [0.5, 0.6) is 23.0 Å². The van der Waals surface area contributed by atoms with E-state index in [0.29, 0.717) is 18.8 Å². The van der Waals surface area contributed by atoms with E-state index in [1.54, 1.807) is 19.1 Å². The second kappa shape index (κ2) is 7.75. The van der Waals surface area contributed by atoms with Crippen LogP contribution in [0.4, 0.5) is 0 Å². The number of ether oxygens (including phenoxy) is 4. The lowest BCUT2D eigenvalue weighted by atomic mass is 9.73. The van der Waals surface area contributed by atoms with Crippen molar-refractivity contribution in [3.63, 3.8) is 0 Å². The highest BCUT2D eigenvalue weighted by atomic mass is 16.7. The molecule has 3 aromatic rings. The summed E-state index contributed by atoms with van der Waals surface area (Å²) >= 11 is 0. The first-order valence-electron chi connectivity index (χ1n) is 11.3. The summed E-state index contributed by atoms with van der Waals surface area (Å²) in [5.41, 5.74) is 6.79. The Bertz CT molecular complexity index is 1160. The zero-order valence-electron chi connectivity index (χ0n) is 18.5. The lowest BCUT2D eigenvalue weighted by molar-refractivity contribution is -0.951. The van der Waals surface area contributed by atoms with Gasteiger partial charge < -0.3 is 23.8 Å². The highest BCUT2D eigenvalue weighted by molar-refractivity contribution is 5.55. The fourth-order valence-corrected chi connectivity index (χ4v) is 5.91. The van der Waals surface area contributed by atoms with Crippen molar-refractivity contribution in [3.05, 3.63) is 82.4 Å². The van der Waals surface area contributed by atoms with Crippen LogP contribution in [-0.2, 0) is 19.4 Å². The van der Waals surface area contributed by atoms with Gasteiger partial charge in [0.2, 0.25) is 6.79 Å². The van der Waals surface area contributed by atoms with Crippen molar-refractivity contribution in [2.75, 3.05) is 27.6 Å². The minimum Gasteiger partial charge on any atom is -0.493 e. The monoisotopic (exact) mass is 430 g/mol. The van der Waals surface area contributed by atoms with Crippen LogP contribution in [0.25, 0.3) is 0 Å². The second-order valence-corrected chi connectivity index (χ2v) is 8.88. The van der Waals surface area contributed by atoms with Crippen molar-refractivity contribution in [2.24, 2.45) is 0 Å². The molecule has 0 radical (unpaired) electrons. The molecule has 0 amide bonds. The van der Waals surface area contributed by atoms with Gasteiger partial charge in [0.25, 0.3) is 0 Å². The summed E-state index contributed by atoms with van der Waals surface area (Å²) in [5.74, 6) is 3.78. The summed E-state index contributed by atoms with van der Waals surface area (Å²) in [4.78, 5) is 1.58. The first-order chi connectivity index (χ1) is 15.8. The Labute approximate surface area is 188 Å². The number of hydrogen-bond acceptors (Lipinski definition) is 4. The maximum atomic E-state index is 5.87. The maximum absolute atomic E-state index is 5.87. The van der Waals surface area contributed by atoms with E-state index < -0.39 is 0 Å². The summed E-state index contributed by atoms with van der Waals surface area (Å²) in [7, 11) is 3.46. The third-order valence-corrected chi connectivity index (χ3v) is 7.31. The van der Waals surface area contributed by atoms with E-state index in [1.807, 2.05) is 0 Å². The van der Waals surface area contributed by atoms with Crippen LogP contribution in [0, 0.1) is 0 Å². The zero-order valence-corrected chi connectivity index (χ0v) is 18.5. The predicted molar refractivity (Wildman–Crippen MR) is 121 cm³/mol. The SMILES string of the molecule is COc1ccc2c(c1OC)C[NH+]1CCc3cc4c(cc3C1C2Cc1ccccc1)OCO4. The molecule has 3 aliphatic heterocycles. The molecule has 0 spiro atoms. The van der Waals surface area contributed by atoms with E-state index in [1.165, 1.54) is 27.8 Å². The first-order valence-corrected chi connectivity index (χ1v) is 11.3. The van der Waals surface area contributed by atoms with Gasteiger partial charge in [-0.1, -0.05) is 36.4 Å². The van der Waals surface area contributed by atoms with Crippen LogP contribution in [0.2, 0.25) is 0 Å². The summed E-state index contributed by atoms with van der Waals surface area (Å²) < 4.78 is 22.9. The number of fused-ring (bicyclic) bond motifs is 5. The molecule has 3 unspecified atom stereocenters. The Balaban J connectivity index is 1.52. The van der Waals surface area contributed by atoms with E-state index >= 15 is 0 Å². The summed E-state index contributed by atoms with van der Waals surface area (Å²) in [6, 6.07) is 19.9. The summed E-state index contributed by atoms with van der Waals surface area (Å²) in [5, 5.41) is 0. The van der Waals surface area contributed by atoms with Crippen molar-refractivity contribution in [3.8, 4) is 23.0 Å². The molecular formula is C27H28NO4+. The van der Waals surface area contributed by atoms with Gasteiger partial charge in [-0.15, -0.1) is 0 Å².